The van der Waals surface area contributed by atoms with Crippen molar-refractivity contribution in [2.45, 2.75) is 25.2 Å². The normalized spacial score (nSPS) is 11.4. The molecule has 8 heteroatoms. The van der Waals surface area contributed by atoms with Gasteiger partial charge in [0.05, 0.1) is 23.1 Å². The molecule has 0 aliphatic heterocycles. The fourth-order valence-electron chi connectivity index (χ4n) is 2.46. The molecule has 0 bridgehead atoms. The van der Waals surface area contributed by atoms with Crippen LogP contribution < -0.4 is 4.72 Å². The van der Waals surface area contributed by atoms with E-state index in [1.807, 2.05) is 6.92 Å². The largest absolute Gasteiger partial charge is 0.446 e. The molecule has 0 aliphatic carbocycles. The zero-order valence-corrected chi connectivity index (χ0v) is 14.6. The number of carbonyl (C=O) groups excluding carboxylic acids is 1. The number of carbonyl (C=O) groups is 1. The Bertz CT molecular complexity index is 1000. The molecule has 3 aromatic rings. The smallest absolute Gasteiger partial charge is 0.266 e. The van der Waals surface area contributed by atoms with Crippen LogP contribution in [0.3, 0.4) is 0 Å². The van der Waals surface area contributed by atoms with Crippen molar-refractivity contribution in [2.24, 2.45) is 0 Å². The molecule has 0 radical (unpaired) electrons. The molecule has 130 valence electrons. The molecule has 0 spiro atoms. The lowest BCUT2D eigenvalue weighted by Crippen LogP contribution is -2.31. The van der Waals surface area contributed by atoms with Gasteiger partial charge >= 0.3 is 0 Å². The molecule has 2 heterocycles. The van der Waals surface area contributed by atoms with Crippen LogP contribution in [0.4, 0.5) is 0 Å². The van der Waals surface area contributed by atoms with Crippen LogP contribution >= 0.6 is 0 Å². The summed E-state index contributed by atoms with van der Waals surface area (Å²) in [4.78, 5) is 18.9. The summed E-state index contributed by atoms with van der Waals surface area (Å²) in [5, 5.41) is 0. The minimum Gasteiger partial charge on any atom is -0.446 e. The maximum atomic E-state index is 12.7. The summed E-state index contributed by atoms with van der Waals surface area (Å²) in [6.45, 7) is 3.63. The Labute approximate surface area is 145 Å². The Hall–Kier alpha value is -2.87. The molecule has 25 heavy (non-hydrogen) atoms. The van der Waals surface area contributed by atoms with Gasteiger partial charge in [0, 0.05) is 12.4 Å². The lowest BCUT2D eigenvalue weighted by Gasteiger charge is -2.11. The van der Waals surface area contributed by atoms with E-state index in [2.05, 4.69) is 14.7 Å². The Balaban J connectivity index is 1.93. The first kappa shape index (κ1) is 17.0. The van der Waals surface area contributed by atoms with E-state index in [1.54, 1.807) is 31.5 Å². The number of amides is 1. The standard InChI is InChI=1S/C17H17N3O4S/c1-11-3-4-15(14(7-11)8-16-19-9-12(2)24-16)25(22,23)20-17(21)13-5-6-18-10-13/h3-7,9-10,18H,8H2,1-2H3,(H,20,21). The molecule has 0 saturated carbocycles. The van der Waals surface area contributed by atoms with Crippen LogP contribution in [0, 0.1) is 13.8 Å². The van der Waals surface area contributed by atoms with Crippen LogP contribution in [-0.2, 0) is 16.4 Å². The topological polar surface area (TPSA) is 105 Å². The quantitative estimate of drug-likeness (QED) is 0.727. The number of hydrogen-bond donors (Lipinski definition) is 2. The number of rotatable bonds is 5. The minimum absolute atomic E-state index is 0.0258. The fourth-order valence-corrected chi connectivity index (χ4v) is 3.65. The summed E-state index contributed by atoms with van der Waals surface area (Å²) in [7, 11) is -4.03. The Morgan fingerprint density at radius 1 is 1.28 bits per heavy atom. The van der Waals surface area contributed by atoms with Crippen molar-refractivity contribution >= 4 is 15.9 Å². The molecule has 1 amide bonds. The van der Waals surface area contributed by atoms with E-state index >= 15 is 0 Å². The van der Waals surface area contributed by atoms with Crippen molar-refractivity contribution in [1.82, 2.24) is 14.7 Å². The highest BCUT2D eigenvalue weighted by molar-refractivity contribution is 7.90. The Morgan fingerprint density at radius 3 is 2.72 bits per heavy atom. The predicted octanol–water partition coefficient (Wildman–Crippen LogP) is 2.33. The first-order valence-corrected chi connectivity index (χ1v) is 9.04. The number of sulfonamides is 1. The zero-order valence-electron chi connectivity index (χ0n) is 13.7. The number of hydrogen-bond acceptors (Lipinski definition) is 5. The van der Waals surface area contributed by atoms with E-state index in [9.17, 15) is 13.2 Å². The van der Waals surface area contributed by atoms with Crippen LogP contribution in [0.25, 0.3) is 0 Å². The SMILES string of the molecule is Cc1ccc(S(=O)(=O)NC(=O)c2cc[nH]c2)c(Cc2ncc(C)o2)c1. The summed E-state index contributed by atoms with van der Waals surface area (Å²) in [5.41, 5.74) is 1.64. The first-order valence-electron chi connectivity index (χ1n) is 7.56. The maximum absolute atomic E-state index is 12.7. The van der Waals surface area contributed by atoms with Crippen LogP contribution in [0.5, 0.6) is 0 Å². The second kappa shape index (κ2) is 6.56. The van der Waals surface area contributed by atoms with E-state index in [1.165, 1.54) is 18.3 Å². The zero-order chi connectivity index (χ0) is 18.0. The molecule has 0 aliphatic rings. The fraction of sp³-hybridized carbons (Fsp3) is 0.176. The third-order valence-electron chi connectivity index (χ3n) is 3.60. The van der Waals surface area contributed by atoms with Crippen molar-refractivity contribution in [1.29, 1.82) is 0 Å². The van der Waals surface area contributed by atoms with Gasteiger partial charge in [-0.25, -0.2) is 18.1 Å². The molecule has 7 nitrogen and oxygen atoms in total. The molecule has 2 aromatic heterocycles. The highest BCUT2D eigenvalue weighted by Gasteiger charge is 2.23. The van der Waals surface area contributed by atoms with E-state index in [-0.39, 0.29) is 16.9 Å². The van der Waals surface area contributed by atoms with E-state index in [0.717, 1.165) is 5.56 Å². The summed E-state index contributed by atoms with van der Waals surface area (Å²) < 4.78 is 32.9. The van der Waals surface area contributed by atoms with Crippen molar-refractivity contribution in [2.75, 3.05) is 0 Å². The number of oxazole rings is 1. The predicted molar refractivity (Wildman–Crippen MR) is 90.7 cm³/mol. The summed E-state index contributed by atoms with van der Waals surface area (Å²) in [5.74, 6) is 0.365. The molecule has 0 unspecified atom stereocenters. The highest BCUT2D eigenvalue weighted by atomic mass is 32.2. The van der Waals surface area contributed by atoms with Crippen molar-refractivity contribution < 1.29 is 17.6 Å². The second-order valence-corrected chi connectivity index (χ2v) is 7.34. The maximum Gasteiger partial charge on any atom is 0.266 e. The lowest BCUT2D eigenvalue weighted by atomic mass is 10.1. The third-order valence-corrected chi connectivity index (χ3v) is 5.03. The van der Waals surface area contributed by atoms with Crippen LogP contribution in [0.1, 0.15) is 33.1 Å². The van der Waals surface area contributed by atoms with E-state index in [0.29, 0.717) is 17.2 Å². The molecule has 0 atom stereocenters. The molecule has 0 fully saturated rings. The van der Waals surface area contributed by atoms with Gasteiger partial charge < -0.3 is 9.40 Å². The number of nitrogens with one attached hydrogen (secondary N) is 2. The number of nitrogens with zero attached hydrogens (tertiary/aromatic N) is 1. The summed E-state index contributed by atoms with van der Waals surface area (Å²) in [6, 6.07) is 6.40. The second-order valence-electron chi connectivity index (χ2n) is 5.69. The van der Waals surface area contributed by atoms with Gasteiger partial charge in [0.15, 0.2) is 5.89 Å². The number of H-pyrrole nitrogens is 1. The van der Waals surface area contributed by atoms with Gasteiger partial charge in [-0.05, 0) is 31.5 Å². The van der Waals surface area contributed by atoms with Gasteiger partial charge in [-0.3, -0.25) is 4.79 Å². The van der Waals surface area contributed by atoms with Gasteiger partial charge in [-0.15, -0.1) is 0 Å². The van der Waals surface area contributed by atoms with Gasteiger partial charge in [0.1, 0.15) is 5.76 Å². The van der Waals surface area contributed by atoms with Crippen molar-refractivity contribution in [3.8, 4) is 0 Å². The number of benzene rings is 1. The third kappa shape index (κ3) is 3.80. The summed E-state index contributed by atoms with van der Waals surface area (Å²) >= 11 is 0. The Kier molecular flexibility index (Phi) is 4.45. The van der Waals surface area contributed by atoms with Gasteiger partial charge in [0.25, 0.3) is 15.9 Å². The highest BCUT2D eigenvalue weighted by Crippen LogP contribution is 2.21. The van der Waals surface area contributed by atoms with Crippen LogP contribution in [0.15, 0.2) is 52.2 Å². The van der Waals surface area contributed by atoms with E-state index in [4.69, 9.17) is 4.42 Å². The average molecular weight is 359 g/mol. The van der Waals surface area contributed by atoms with E-state index < -0.39 is 15.9 Å². The molecular weight excluding hydrogens is 342 g/mol. The van der Waals surface area contributed by atoms with Crippen molar-refractivity contribution in [3.05, 3.63) is 71.2 Å². The molecular formula is C17H17N3O4S. The number of aryl methyl sites for hydroxylation is 2. The monoisotopic (exact) mass is 359 g/mol. The van der Waals surface area contributed by atoms with Crippen LogP contribution in [0.2, 0.25) is 0 Å². The number of aromatic nitrogens is 2. The van der Waals surface area contributed by atoms with Gasteiger partial charge in [-0.2, -0.15) is 0 Å². The molecule has 3 rings (SSSR count). The average Bonchev–Trinajstić information content (AvgIpc) is 3.18. The van der Waals surface area contributed by atoms with Gasteiger partial charge in [-0.1, -0.05) is 17.7 Å². The van der Waals surface area contributed by atoms with Crippen LogP contribution in [-0.4, -0.2) is 24.3 Å². The van der Waals surface area contributed by atoms with Crippen molar-refractivity contribution in [3.63, 3.8) is 0 Å². The lowest BCUT2D eigenvalue weighted by molar-refractivity contribution is 0.0981. The summed E-state index contributed by atoms with van der Waals surface area (Å²) in [6.07, 6.45) is 4.76. The Morgan fingerprint density at radius 2 is 2.08 bits per heavy atom. The molecule has 1 aromatic carbocycles. The van der Waals surface area contributed by atoms with Gasteiger partial charge in [0.2, 0.25) is 0 Å². The first-order chi connectivity index (χ1) is 11.8. The number of aromatic amines is 1. The minimum atomic E-state index is -4.03. The molecule has 2 N–H and O–H groups in total. The molecule has 0 saturated heterocycles.